The van der Waals surface area contributed by atoms with Crippen molar-refractivity contribution in [3.05, 3.63) is 0 Å². The third kappa shape index (κ3) is 12.3. The summed E-state index contributed by atoms with van der Waals surface area (Å²) in [6.07, 6.45) is 0. The summed E-state index contributed by atoms with van der Waals surface area (Å²) in [6.45, 7) is 26.5. The first kappa shape index (κ1) is 24.9. The van der Waals surface area contributed by atoms with E-state index in [0.717, 1.165) is 0 Å². The van der Waals surface area contributed by atoms with Crippen LogP contribution in [0.25, 0.3) is 0 Å². The summed E-state index contributed by atoms with van der Waals surface area (Å²) in [5, 5.41) is 0. The van der Waals surface area contributed by atoms with E-state index in [1.54, 1.807) is 0 Å². The molecule has 0 saturated carbocycles. The maximum Gasteiger partial charge on any atom is 0.328 e. The van der Waals surface area contributed by atoms with E-state index >= 15 is 0 Å². The number of rotatable bonds is 10. The molecule has 0 aromatic heterocycles. The summed E-state index contributed by atoms with van der Waals surface area (Å²) in [7, 11) is -10.4. The lowest BCUT2D eigenvalue weighted by molar-refractivity contribution is 0.363. The Morgan fingerprint density at radius 1 is 0.750 bits per heavy atom. The first-order valence-corrected chi connectivity index (χ1v) is 24.2. The fourth-order valence-electron chi connectivity index (χ4n) is 2.05. The van der Waals surface area contributed by atoms with Gasteiger partial charge in [0, 0.05) is 6.54 Å². The van der Waals surface area contributed by atoms with Crippen LogP contribution in [0.15, 0.2) is 0 Å². The normalized spacial score (nSPS) is 16.3. The zero-order valence-corrected chi connectivity index (χ0v) is 22.9. The summed E-state index contributed by atoms with van der Waals surface area (Å²) in [6, 6.07) is 0. The molecule has 0 saturated heterocycles. The molecule has 0 aliphatic carbocycles. The number of nitrogens with one attached hydrogen (secondary N) is 2. The summed E-state index contributed by atoms with van der Waals surface area (Å²) in [5.74, 6) is -0.283. The Labute approximate surface area is 154 Å². The van der Waals surface area contributed by atoms with E-state index in [1.165, 1.54) is 0 Å². The van der Waals surface area contributed by atoms with Crippen molar-refractivity contribution in [2.24, 2.45) is 0 Å². The van der Waals surface area contributed by atoms with Crippen LogP contribution in [0.3, 0.4) is 0 Å². The van der Waals surface area contributed by atoms with Gasteiger partial charge in [0.2, 0.25) is 0 Å². The van der Waals surface area contributed by atoms with Crippen LogP contribution in [0.1, 0.15) is 0 Å². The quantitative estimate of drug-likeness (QED) is 0.376. The van der Waals surface area contributed by atoms with Crippen molar-refractivity contribution in [2.45, 2.75) is 84.3 Å². The lowest BCUT2D eigenvalue weighted by Crippen LogP contribution is -2.56. The maximum absolute atomic E-state index is 13.9. The van der Waals surface area contributed by atoms with Crippen molar-refractivity contribution in [2.75, 3.05) is 6.54 Å². The van der Waals surface area contributed by atoms with Gasteiger partial charge in [-0.05, 0) is 39.3 Å². The van der Waals surface area contributed by atoms with Gasteiger partial charge in [-0.15, -0.1) is 0 Å². The fraction of sp³-hybridized carbons (Fsp3) is 1.00. The Morgan fingerprint density at radius 3 is 1.38 bits per heavy atom. The fourth-order valence-corrected chi connectivity index (χ4v) is 13.9. The van der Waals surface area contributed by atoms with Gasteiger partial charge < -0.3 is 18.4 Å². The van der Waals surface area contributed by atoms with E-state index in [4.69, 9.17) is 8.43 Å². The highest BCUT2D eigenvalue weighted by Crippen LogP contribution is 2.56. The van der Waals surface area contributed by atoms with Crippen LogP contribution in [0.2, 0.25) is 78.6 Å². The smallest absolute Gasteiger partial charge is 0.328 e. The minimum absolute atomic E-state index is 0.283. The zero-order chi connectivity index (χ0) is 19.6. The largest absolute Gasteiger partial charge is 0.350 e. The predicted molar refractivity (Wildman–Crippen MR) is 118 cm³/mol. The summed E-state index contributed by atoms with van der Waals surface area (Å²) in [5.41, 5.74) is 0. The van der Waals surface area contributed by atoms with Gasteiger partial charge in [-0.3, -0.25) is 4.57 Å². The van der Waals surface area contributed by atoms with Gasteiger partial charge in [0.25, 0.3) is 0 Å². The van der Waals surface area contributed by atoms with Gasteiger partial charge in [0.15, 0.2) is 16.6 Å². The monoisotopic (exact) mass is 428 g/mol. The molecule has 146 valence electrons. The van der Waals surface area contributed by atoms with Crippen LogP contribution in [-0.4, -0.2) is 45.4 Å². The average Bonchev–Trinajstić information content (AvgIpc) is 2.15. The summed E-state index contributed by atoms with van der Waals surface area (Å²) < 4.78 is 26.3. The Hall–Kier alpha value is 0.938. The molecule has 0 aliphatic rings. The van der Waals surface area contributed by atoms with Crippen molar-refractivity contribution >= 4 is 40.7 Å². The van der Waals surface area contributed by atoms with E-state index in [1.807, 2.05) is 0 Å². The molecule has 0 aliphatic heterocycles. The summed E-state index contributed by atoms with van der Waals surface area (Å²) in [4.78, 5) is 7.26. The molecule has 1 atom stereocenters. The molecule has 0 heterocycles. The zero-order valence-electron chi connectivity index (χ0n) is 18.0. The molecule has 24 heavy (non-hydrogen) atoms. The minimum atomic E-state index is -3.25. The van der Waals surface area contributed by atoms with Crippen LogP contribution in [0.5, 0.6) is 0 Å². The van der Waals surface area contributed by atoms with E-state index in [-0.39, 0.29) is 5.78 Å². The Bertz CT molecular complexity index is 431. The number of hydrogen-bond donors (Lipinski definition) is 2. The molecule has 5 nitrogen and oxygen atoms in total. The van der Waals surface area contributed by atoms with Crippen LogP contribution >= 0.6 is 7.60 Å². The molecule has 10 heteroatoms. The topological polar surface area (TPSA) is 59.6 Å². The molecular weight excluding hydrogens is 387 g/mol. The van der Waals surface area contributed by atoms with Crippen LogP contribution in [0, 0.1) is 0 Å². The Balaban J connectivity index is 5.73. The van der Waals surface area contributed by atoms with Crippen molar-refractivity contribution < 1.29 is 13.0 Å². The maximum atomic E-state index is 13.9. The van der Waals surface area contributed by atoms with Crippen LogP contribution in [-0.2, 0) is 13.0 Å². The van der Waals surface area contributed by atoms with Crippen LogP contribution < -0.4 is 9.96 Å². The highest BCUT2D eigenvalue weighted by atomic mass is 31.2. The molecule has 2 N–H and O–H groups in total. The highest BCUT2D eigenvalue weighted by molar-refractivity contribution is 7.58. The number of hydrogen-bond acceptors (Lipinski definition) is 5. The first-order chi connectivity index (χ1) is 10.2. The molecule has 0 bridgehead atoms. The second-order valence-electron chi connectivity index (χ2n) is 10.5. The van der Waals surface area contributed by atoms with Gasteiger partial charge >= 0.3 is 7.60 Å². The molecule has 1 unspecified atom stereocenters. The Morgan fingerprint density at radius 2 is 1.12 bits per heavy atom. The van der Waals surface area contributed by atoms with Crippen molar-refractivity contribution in [1.82, 2.24) is 9.96 Å². The second-order valence-corrected chi connectivity index (χ2v) is 31.7. The third-order valence-corrected chi connectivity index (χ3v) is 12.8. The molecule has 0 rings (SSSR count). The standard InChI is InChI=1S/C14H41N2O3PSi4/c1-21(2,3)15-13-14(16-22(4,5)6)20(17,18-23(7,8)9)19-24(10,11)12/h14-16H,13H2,1-12H3. The lowest BCUT2D eigenvalue weighted by Gasteiger charge is -2.39. The van der Waals surface area contributed by atoms with Crippen molar-refractivity contribution in [1.29, 1.82) is 0 Å². The molecule has 0 spiro atoms. The first-order valence-electron chi connectivity index (χ1n) is 8.76. The van der Waals surface area contributed by atoms with E-state index in [9.17, 15) is 4.57 Å². The molecular formula is C14H41N2O3PSi4. The van der Waals surface area contributed by atoms with Gasteiger partial charge in [0.1, 0.15) is 22.3 Å². The summed E-state index contributed by atoms with van der Waals surface area (Å²) >= 11 is 0. The van der Waals surface area contributed by atoms with Gasteiger partial charge in [-0.25, -0.2) is 0 Å². The molecule has 0 amide bonds. The van der Waals surface area contributed by atoms with Gasteiger partial charge in [-0.1, -0.05) is 39.3 Å². The molecule has 0 radical (unpaired) electrons. The molecule has 0 aromatic carbocycles. The SMILES string of the molecule is C[Si](C)(C)NCC(N[Si](C)(C)C)P(=O)(O[Si](C)(C)C)O[Si](C)(C)C. The minimum Gasteiger partial charge on any atom is -0.350 e. The van der Waals surface area contributed by atoms with Gasteiger partial charge in [-0.2, -0.15) is 0 Å². The average molecular weight is 429 g/mol. The van der Waals surface area contributed by atoms with E-state index in [0.29, 0.717) is 6.54 Å². The molecule has 0 aromatic rings. The third-order valence-electron chi connectivity index (χ3n) is 2.61. The highest BCUT2D eigenvalue weighted by Gasteiger charge is 2.44. The van der Waals surface area contributed by atoms with Gasteiger partial charge in [0.05, 0.1) is 0 Å². The van der Waals surface area contributed by atoms with Crippen LogP contribution in [0.4, 0.5) is 0 Å². The van der Waals surface area contributed by atoms with Crippen molar-refractivity contribution in [3.63, 3.8) is 0 Å². The van der Waals surface area contributed by atoms with E-state index in [2.05, 4.69) is 88.5 Å². The second kappa shape index (κ2) is 8.31. The lowest BCUT2D eigenvalue weighted by atomic mass is 10.7. The van der Waals surface area contributed by atoms with Crippen molar-refractivity contribution in [3.8, 4) is 0 Å². The Kier molecular flexibility index (Phi) is 8.63. The van der Waals surface area contributed by atoms with E-state index < -0.39 is 40.7 Å². The molecule has 0 fully saturated rings. The predicted octanol–water partition coefficient (Wildman–Crippen LogP) is 5.06.